The first-order chi connectivity index (χ1) is 11.0. The van der Waals surface area contributed by atoms with Gasteiger partial charge in [-0.2, -0.15) is 0 Å². The Morgan fingerprint density at radius 2 is 1.87 bits per heavy atom. The smallest absolute Gasteiger partial charge is 0.270 e. The summed E-state index contributed by atoms with van der Waals surface area (Å²) in [5.74, 6) is -0.147. The predicted molar refractivity (Wildman–Crippen MR) is 88.0 cm³/mol. The first-order valence-corrected chi connectivity index (χ1v) is 7.18. The first-order valence-electron chi connectivity index (χ1n) is 7.18. The van der Waals surface area contributed by atoms with E-state index in [4.69, 9.17) is 0 Å². The van der Waals surface area contributed by atoms with E-state index in [9.17, 15) is 14.9 Å². The lowest BCUT2D eigenvalue weighted by Gasteiger charge is -2.18. The van der Waals surface area contributed by atoms with Gasteiger partial charge >= 0.3 is 0 Å². The lowest BCUT2D eigenvalue weighted by Crippen LogP contribution is -2.32. The van der Waals surface area contributed by atoms with Crippen LogP contribution in [0.2, 0.25) is 0 Å². The van der Waals surface area contributed by atoms with E-state index in [1.165, 1.54) is 17.0 Å². The number of nitrogens with zero attached hydrogens (tertiary/aromatic N) is 3. The number of fused-ring (bicyclic) bond motifs is 1. The van der Waals surface area contributed by atoms with E-state index in [0.717, 1.165) is 5.56 Å². The monoisotopic (exact) mass is 309 g/mol. The minimum Gasteiger partial charge on any atom is -0.313 e. The van der Waals surface area contributed by atoms with Gasteiger partial charge in [0.05, 0.1) is 16.3 Å². The molecular formula is C17H15N3O3. The van der Waals surface area contributed by atoms with Gasteiger partial charge in [0.2, 0.25) is 0 Å². The van der Waals surface area contributed by atoms with Crippen LogP contribution in [0.15, 0.2) is 53.5 Å². The molecule has 0 aromatic heterocycles. The number of non-ortho nitro benzene ring substituents is 1. The van der Waals surface area contributed by atoms with Gasteiger partial charge in [0.1, 0.15) is 6.04 Å². The molecule has 1 amide bonds. The van der Waals surface area contributed by atoms with Crippen molar-refractivity contribution in [2.45, 2.75) is 13.0 Å². The summed E-state index contributed by atoms with van der Waals surface area (Å²) in [6.07, 6.45) is 0. The second-order valence-corrected chi connectivity index (χ2v) is 5.38. The maximum Gasteiger partial charge on any atom is 0.270 e. The number of hydrogen-bond donors (Lipinski definition) is 0. The topological polar surface area (TPSA) is 75.8 Å². The van der Waals surface area contributed by atoms with Crippen LogP contribution in [0.25, 0.3) is 0 Å². The minimum atomic E-state index is -0.554. The Morgan fingerprint density at radius 1 is 1.17 bits per heavy atom. The molecule has 0 N–H and O–H groups in total. The van der Waals surface area contributed by atoms with E-state index in [0.29, 0.717) is 17.0 Å². The molecule has 0 spiro atoms. The summed E-state index contributed by atoms with van der Waals surface area (Å²) < 4.78 is 0. The van der Waals surface area contributed by atoms with Crippen LogP contribution in [-0.2, 0) is 4.79 Å². The van der Waals surface area contributed by atoms with Gasteiger partial charge in [-0.05, 0) is 13.0 Å². The molecule has 1 atom stereocenters. The first kappa shape index (κ1) is 14.9. The van der Waals surface area contributed by atoms with Crippen molar-refractivity contribution >= 4 is 23.0 Å². The summed E-state index contributed by atoms with van der Waals surface area (Å²) in [7, 11) is 1.66. The molecule has 0 radical (unpaired) electrons. The zero-order chi connectivity index (χ0) is 16.6. The van der Waals surface area contributed by atoms with Gasteiger partial charge in [0.25, 0.3) is 11.6 Å². The van der Waals surface area contributed by atoms with Gasteiger partial charge in [-0.25, -0.2) is 0 Å². The van der Waals surface area contributed by atoms with Crippen LogP contribution in [0.3, 0.4) is 0 Å². The molecule has 1 heterocycles. The number of benzene rings is 2. The second-order valence-electron chi connectivity index (χ2n) is 5.38. The third-order valence-corrected chi connectivity index (χ3v) is 3.87. The standard InChI is InChI=1S/C17H15N3O3/c1-11-17(21)19(2)15-9-8-13(20(22)23)10-14(15)16(18-11)12-6-4-3-5-7-12/h3-11H,1-2H3. The molecule has 1 aliphatic heterocycles. The van der Waals surface area contributed by atoms with Gasteiger partial charge in [0, 0.05) is 30.3 Å². The van der Waals surface area contributed by atoms with Crippen molar-refractivity contribution in [2.75, 3.05) is 11.9 Å². The SMILES string of the molecule is CC1N=C(c2ccccc2)c2cc([N+](=O)[O-])ccc2N(C)C1=O. The van der Waals surface area contributed by atoms with Crippen molar-refractivity contribution in [3.05, 3.63) is 69.8 Å². The maximum absolute atomic E-state index is 12.4. The molecule has 2 aromatic carbocycles. The number of nitro benzene ring substituents is 1. The minimum absolute atomic E-state index is 0.0252. The van der Waals surface area contributed by atoms with Crippen LogP contribution >= 0.6 is 0 Å². The highest BCUT2D eigenvalue weighted by molar-refractivity contribution is 6.20. The third-order valence-electron chi connectivity index (χ3n) is 3.87. The zero-order valence-electron chi connectivity index (χ0n) is 12.8. The van der Waals surface area contributed by atoms with E-state index in [1.807, 2.05) is 30.3 Å². The Balaban J connectivity index is 2.28. The molecule has 3 rings (SSSR count). The normalized spacial score (nSPS) is 17.3. The number of benzodiazepines with no additional fused rings is 1. The van der Waals surface area contributed by atoms with Crippen LogP contribution < -0.4 is 4.90 Å². The van der Waals surface area contributed by atoms with E-state index in [-0.39, 0.29) is 11.6 Å². The molecule has 0 fully saturated rings. The average Bonchev–Trinajstić information content (AvgIpc) is 2.66. The Hall–Kier alpha value is -3.02. The fraction of sp³-hybridized carbons (Fsp3) is 0.176. The molecule has 0 saturated carbocycles. The number of amides is 1. The Labute approximate surface area is 133 Å². The highest BCUT2D eigenvalue weighted by Crippen LogP contribution is 2.30. The van der Waals surface area contributed by atoms with Crippen LogP contribution in [0.4, 0.5) is 11.4 Å². The number of likely N-dealkylation sites (N-methyl/N-ethyl adjacent to an activating group) is 1. The largest absolute Gasteiger partial charge is 0.313 e. The van der Waals surface area contributed by atoms with Crippen molar-refractivity contribution in [3.8, 4) is 0 Å². The van der Waals surface area contributed by atoms with Crippen molar-refractivity contribution in [1.82, 2.24) is 0 Å². The third kappa shape index (κ3) is 2.59. The Bertz CT molecular complexity index is 815. The van der Waals surface area contributed by atoms with Crippen LogP contribution in [0.5, 0.6) is 0 Å². The van der Waals surface area contributed by atoms with E-state index in [2.05, 4.69) is 4.99 Å². The lowest BCUT2D eigenvalue weighted by molar-refractivity contribution is -0.384. The summed E-state index contributed by atoms with van der Waals surface area (Å²) in [4.78, 5) is 29.1. The highest BCUT2D eigenvalue weighted by Gasteiger charge is 2.28. The summed E-state index contributed by atoms with van der Waals surface area (Å²) >= 11 is 0. The summed E-state index contributed by atoms with van der Waals surface area (Å²) in [6.45, 7) is 1.72. The van der Waals surface area contributed by atoms with E-state index < -0.39 is 11.0 Å². The molecular weight excluding hydrogens is 294 g/mol. The predicted octanol–water partition coefficient (Wildman–Crippen LogP) is 2.80. The van der Waals surface area contributed by atoms with Crippen LogP contribution in [0.1, 0.15) is 18.1 Å². The molecule has 0 aliphatic carbocycles. The summed E-state index contributed by atoms with van der Waals surface area (Å²) in [5.41, 5.74) is 2.60. The van der Waals surface area contributed by atoms with Gasteiger partial charge in [0.15, 0.2) is 0 Å². The number of carbonyl (C=O) groups excluding carboxylic acids is 1. The fourth-order valence-corrected chi connectivity index (χ4v) is 2.66. The number of aliphatic imine (C=N–C) groups is 1. The summed E-state index contributed by atoms with van der Waals surface area (Å²) in [5, 5.41) is 11.1. The van der Waals surface area contributed by atoms with Crippen molar-refractivity contribution < 1.29 is 9.72 Å². The number of anilines is 1. The van der Waals surface area contributed by atoms with E-state index in [1.54, 1.807) is 20.0 Å². The van der Waals surface area contributed by atoms with Crippen molar-refractivity contribution in [3.63, 3.8) is 0 Å². The van der Waals surface area contributed by atoms with Crippen molar-refractivity contribution in [1.29, 1.82) is 0 Å². The van der Waals surface area contributed by atoms with Gasteiger partial charge in [-0.3, -0.25) is 19.9 Å². The second kappa shape index (κ2) is 5.64. The quantitative estimate of drug-likeness (QED) is 0.632. The van der Waals surface area contributed by atoms with Crippen LogP contribution in [0, 0.1) is 10.1 Å². The number of carbonyl (C=O) groups is 1. The van der Waals surface area contributed by atoms with Crippen molar-refractivity contribution in [2.24, 2.45) is 4.99 Å². The van der Waals surface area contributed by atoms with Gasteiger partial charge < -0.3 is 4.90 Å². The summed E-state index contributed by atoms with van der Waals surface area (Å²) in [6, 6.07) is 13.3. The Kier molecular flexibility index (Phi) is 3.65. The van der Waals surface area contributed by atoms with Crippen LogP contribution in [-0.4, -0.2) is 29.6 Å². The number of nitro groups is 1. The number of rotatable bonds is 2. The molecule has 1 aliphatic rings. The molecule has 2 aromatic rings. The maximum atomic E-state index is 12.4. The zero-order valence-corrected chi connectivity index (χ0v) is 12.8. The van der Waals surface area contributed by atoms with E-state index >= 15 is 0 Å². The molecule has 1 unspecified atom stereocenters. The molecule has 116 valence electrons. The number of hydrogen-bond acceptors (Lipinski definition) is 4. The molecule has 23 heavy (non-hydrogen) atoms. The highest BCUT2D eigenvalue weighted by atomic mass is 16.6. The van der Waals surface area contributed by atoms with Gasteiger partial charge in [-0.15, -0.1) is 0 Å². The fourth-order valence-electron chi connectivity index (χ4n) is 2.66. The molecule has 6 heteroatoms. The molecule has 0 bridgehead atoms. The lowest BCUT2D eigenvalue weighted by atomic mass is 9.99. The Morgan fingerprint density at radius 3 is 2.52 bits per heavy atom. The average molecular weight is 309 g/mol. The van der Waals surface area contributed by atoms with Gasteiger partial charge in [-0.1, -0.05) is 30.3 Å². The molecule has 6 nitrogen and oxygen atoms in total. The molecule has 0 saturated heterocycles.